The van der Waals surface area contributed by atoms with Gasteiger partial charge in [0.2, 0.25) is 5.91 Å². The predicted octanol–water partition coefficient (Wildman–Crippen LogP) is 2.89. The normalized spacial score (nSPS) is 17.9. The SMILES string of the molecule is CC1CC(=O)NN=C1c1ccc(-n2cnc3ccccc32)cc1. The Balaban J connectivity index is 1.70. The van der Waals surface area contributed by atoms with Gasteiger partial charge < -0.3 is 0 Å². The van der Waals surface area contributed by atoms with Crippen LogP contribution in [0.1, 0.15) is 18.9 Å². The van der Waals surface area contributed by atoms with Gasteiger partial charge in [-0.1, -0.05) is 31.2 Å². The second-order valence-electron chi connectivity index (χ2n) is 5.79. The summed E-state index contributed by atoms with van der Waals surface area (Å²) in [6.45, 7) is 2.02. The number of carbonyl (C=O) groups excluding carboxylic acids is 1. The number of carbonyl (C=O) groups is 1. The minimum atomic E-state index is -0.0252. The fourth-order valence-corrected chi connectivity index (χ4v) is 2.96. The summed E-state index contributed by atoms with van der Waals surface area (Å²) in [7, 11) is 0. The van der Waals surface area contributed by atoms with Crippen LogP contribution in [0.5, 0.6) is 0 Å². The van der Waals surface area contributed by atoms with Crippen molar-refractivity contribution in [3.63, 3.8) is 0 Å². The molecule has 1 amide bonds. The highest BCUT2D eigenvalue weighted by Crippen LogP contribution is 2.21. The van der Waals surface area contributed by atoms with Crippen LogP contribution < -0.4 is 5.43 Å². The first kappa shape index (κ1) is 13.7. The van der Waals surface area contributed by atoms with Crippen molar-refractivity contribution in [2.45, 2.75) is 13.3 Å². The monoisotopic (exact) mass is 304 g/mol. The largest absolute Gasteiger partial charge is 0.299 e. The lowest BCUT2D eigenvalue weighted by Crippen LogP contribution is -2.31. The number of aromatic nitrogens is 2. The lowest BCUT2D eigenvalue weighted by atomic mass is 9.94. The quantitative estimate of drug-likeness (QED) is 0.791. The maximum absolute atomic E-state index is 11.4. The number of hydrazone groups is 1. The number of nitrogens with one attached hydrogen (secondary N) is 1. The van der Waals surface area contributed by atoms with Crippen LogP contribution in [0, 0.1) is 5.92 Å². The van der Waals surface area contributed by atoms with E-state index in [4.69, 9.17) is 0 Å². The third-order valence-electron chi connectivity index (χ3n) is 4.15. The van der Waals surface area contributed by atoms with Crippen LogP contribution in [0.25, 0.3) is 16.7 Å². The van der Waals surface area contributed by atoms with E-state index in [1.807, 2.05) is 43.6 Å². The Kier molecular flexibility index (Phi) is 3.19. The molecular formula is C18H16N4O. The van der Waals surface area contributed by atoms with Gasteiger partial charge in [-0.3, -0.25) is 9.36 Å². The second kappa shape index (κ2) is 5.35. The summed E-state index contributed by atoms with van der Waals surface area (Å²) >= 11 is 0. The highest BCUT2D eigenvalue weighted by atomic mass is 16.2. The molecule has 1 aliphatic heterocycles. The molecule has 4 rings (SSSR count). The average Bonchev–Trinajstić information content (AvgIpc) is 2.99. The molecule has 0 saturated carbocycles. The molecule has 0 bridgehead atoms. The van der Waals surface area contributed by atoms with Crippen LogP contribution in [0.15, 0.2) is 60.0 Å². The number of hydrogen-bond acceptors (Lipinski definition) is 3. The fourth-order valence-electron chi connectivity index (χ4n) is 2.96. The molecular weight excluding hydrogens is 288 g/mol. The van der Waals surface area contributed by atoms with E-state index in [1.54, 1.807) is 0 Å². The molecule has 5 heteroatoms. The Hall–Kier alpha value is -2.95. The minimum absolute atomic E-state index is 0.0252. The Morgan fingerprint density at radius 2 is 1.91 bits per heavy atom. The number of imidazole rings is 1. The zero-order chi connectivity index (χ0) is 15.8. The summed E-state index contributed by atoms with van der Waals surface area (Å²) in [5.41, 5.74) is 7.62. The third-order valence-corrected chi connectivity index (χ3v) is 4.15. The first-order chi connectivity index (χ1) is 11.2. The number of amides is 1. The molecule has 0 radical (unpaired) electrons. The molecule has 1 atom stereocenters. The fraction of sp³-hybridized carbons (Fsp3) is 0.167. The lowest BCUT2D eigenvalue weighted by Gasteiger charge is -2.19. The van der Waals surface area contributed by atoms with Gasteiger partial charge in [0.15, 0.2) is 0 Å². The molecule has 1 N–H and O–H groups in total. The van der Waals surface area contributed by atoms with E-state index in [2.05, 4.69) is 38.3 Å². The number of hydrogen-bond donors (Lipinski definition) is 1. The summed E-state index contributed by atoms with van der Waals surface area (Å²) in [6, 6.07) is 16.2. The standard InChI is InChI=1S/C18H16N4O/c1-12-10-17(23)20-21-18(12)13-6-8-14(9-7-13)22-11-19-15-4-2-3-5-16(15)22/h2-9,11-12H,10H2,1H3,(H,20,23). The minimum Gasteiger partial charge on any atom is -0.299 e. The van der Waals surface area contributed by atoms with Gasteiger partial charge in [0, 0.05) is 18.0 Å². The van der Waals surface area contributed by atoms with Gasteiger partial charge in [0.25, 0.3) is 0 Å². The molecule has 3 aromatic rings. The molecule has 1 aromatic heterocycles. The molecule has 114 valence electrons. The van der Waals surface area contributed by atoms with E-state index < -0.39 is 0 Å². The first-order valence-electron chi connectivity index (χ1n) is 7.62. The molecule has 23 heavy (non-hydrogen) atoms. The van der Waals surface area contributed by atoms with E-state index in [1.165, 1.54) is 0 Å². The molecule has 0 fully saturated rings. The second-order valence-corrected chi connectivity index (χ2v) is 5.79. The Labute approximate surface area is 133 Å². The van der Waals surface area contributed by atoms with Crippen molar-refractivity contribution in [1.29, 1.82) is 0 Å². The molecule has 2 heterocycles. The highest BCUT2D eigenvalue weighted by molar-refractivity contribution is 6.05. The first-order valence-corrected chi connectivity index (χ1v) is 7.62. The van der Waals surface area contributed by atoms with Gasteiger partial charge in [-0.2, -0.15) is 5.10 Å². The van der Waals surface area contributed by atoms with E-state index in [0.717, 1.165) is 28.0 Å². The topological polar surface area (TPSA) is 59.3 Å². The van der Waals surface area contributed by atoms with Crippen LogP contribution in [-0.4, -0.2) is 21.2 Å². The zero-order valence-electron chi connectivity index (χ0n) is 12.7. The molecule has 0 saturated heterocycles. The van der Waals surface area contributed by atoms with E-state index in [0.29, 0.717) is 6.42 Å². The summed E-state index contributed by atoms with van der Waals surface area (Å²) < 4.78 is 2.06. The van der Waals surface area contributed by atoms with Crippen LogP contribution in [-0.2, 0) is 4.79 Å². The summed E-state index contributed by atoms with van der Waals surface area (Å²) in [4.78, 5) is 15.8. The Morgan fingerprint density at radius 1 is 1.13 bits per heavy atom. The van der Waals surface area contributed by atoms with Crippen LogP contribution >= 0.6 is 0 Å². The average molecular weight is 304 g/mol. The Morgan fingerprint density at radius 3 is 2.70 bits per heavy atom. The van der Waals surface area contributed by atoms with Gasteiger partial charge in [0.1, 0.15) is 6.33 Å². The zero-order valence-corrected chi connectivity index (χ0v) is 12.7. The van der Waals surface area contributed by atoms with E-state index in [-0.39, 0.29) is 11.8 Å². The van der Waals surface area contributed by atoms with Crippen molar-refractivity contribution in [2.24, 2.45) is 11.0 Å². The molecule has 1 unspecified atom stereocenters. The number of benzene rings is 2. The number of nitrogens with zero attached hydrogens (tertiary/aromatic N) is 3. The van der Waals surface area contributed by atoms with Crippen LogP contribution in [0.2, 0.25) is 0 Å². The Bertz CT molecular complexity index is 908. The van der Waals surface area contributed by atoms with Gasteiger partial charge >= 0.3 is 0 Å². The highest BCUT2D eigenvalue weighted by Gasteiger charge is 2.21. The van der Waals surface area contributed by atoms with Crippen molar-refractivity contribution in [3.8, 4) is 5.69 Å². The van der Waals surface area contributed by atoms with Crippen LogP contribution in [0.3, 0.4) is 0 Å². The predicted molar refractivity (Wildman–Crippen MR) is 89.5 cm³/mol. The maximum Gasteiger partial charge on any atom is 0.240 e. The summed E-state index contributed by atoms with van der Waals surface area (Å²) in [5, 5.41) is 4.20. The maximum atomic E-state index is 11.4. The van der Waals surface area contributed by atoms with Crippen LogP contribution in [0.4, 0.5) is 0 Å². The van der Waals surface area contributed by atoms with Gasteiger partial charge in [-0.25, -0.2) is 10.4 Å². The van der Waals surface area contributed by atoms with Gasteiger partial charge in [0.05, 0.1) is 16.7 Å². The summed E-state index contributed by atoms with van der Waals surface area (Å²) in [5.74, 6) is 0.103. The van der Waals surface area contributed by atoms with Crippen molar-refractivity contribution in [1.82, 2.24) is 15.0 Å². The molecule has 1 aliphatic rings. The molecule has 5 nitrogen and oxygen atoms in total. The number of para-hydroxylation sites is 2. The van der Waals surface area contributed by atoms with Gasteiger partial charge in [-0.15, -0.1) is 0 Å². The molecule has 0 aliphatic carbocycles. The number of rotatable bonds is 2. The van der Waals surface area contributed by atoms with Crippen molar-refractivity contribution >= 4 is 22.7 Å². The lowest BCUT2D eigenvalue weighted by molar-refractivity contribution is -0.121. The number of fused-ring (bicyclic) bond motifs is 1. The summed E-state index contributed by atoms with van der Waals surface area (Å²) in [6.07, 6.45) is 2.31. The smallest absolute Gasteiger partial charge is 0.240 e. The van der Waals surface area contributed by atoms with E-state index >= 15 is 0 Å². The van der Waals surface area contributed by atoms with Crippen molar-refractivity contribution in [2.75, 3.05) is 0 Å². The van der Waals surface area contributed by atoms with Gasteiger partial charge in [-0.05, 0) is 29.8 Å². The third kappa shape index (κ3) is 2.40. The molecule has 2 aromatic carbocycles. The van der Waals surface area contributed by atoms with Crippen molar-refractivity contribution < 1.29 is 4.79 Å². The van der Waals surface area contributed by atoms with E-state index in [9.17, 15) is 4.79 Å². The van der Waals surface area contributed by atoms with Crippen molar-refractivity contribution in [3.05, 3.63) is 60.4 Å². The molecule has 0 spiro atoms.